The van der Waals surface area contributed by atoms with Crippen molar-refractivity contribution in [1.82, 2.24) is 5.32 Å². The van der Waals surface area contributed by atoms with Crippen LogP contribution < -0.4 is 5.32 Å². The number of nitrogens with one attached hydrogen (secondary N) is 1. The molecule has 0 aromatic carbocycles. The number of rotatable bonds is 2. The normalized spacial score (nSPS) is 12.1. The molecule has 0 heterocycles. The van der Waals surface area contributed by atoms with Crippen LogP contribution in [0.25, 0.3) is 0 Å². The smallest absolute Gasteiger partial charge is 0.175 e. The first-order chi connectivity index (χ1) is 3.68. The van der Waals surface area contributed by atoms with Crippen molar-refractivity contribution in [3.63, 3.8) is 0 Å². The summed E-state index contributed by atoms with van der Waals surface area (Å²) in [6.07, 6.45) is 1.30. The fraction of sp³-hybridized carbons (Fsp3) is 0.333. The molecule has 0 radical (unpaired) electrons. The Hall–Kier alpha value is -0.160. The molecule has 0 aliphatic heterocycles. The second-order valence-electron chi connectivity index (χ2n) is 1.05. The van der Waals surface area contributed by atoms with E-state index in [0.717, 1.165) is 0 Å². The van der Waals surface area contributed by atoms with Crippen molar-refractivity contribution in [3.8, 4) is 0 Å². The molecule has 0 rings (SSSR count). The predicted octanol–water partition coefficient (Wildman–Crippen LogP) is -0.454. The first-order valence-corrected chi connectivity index (χ1v) is 3.51. The van der Waals surface area contributed by atoms with E-state index in [-0.39, 0.29) is 4.24 Å². The summed E-state index contributed by atoms with van der Waals surface area (Å²) < 4.78 is 19.9. The zero-order chi connectivity index (χ0) is 6.57. The summed E-state index contributed by atoms with van der Waals surface area (Å²) in [5.41, 5.74) is 0. The van der Waals surface area contributed by atoms with Crippen LogP contribution in [0.1, 0.15) is 0 Å². The molecule has 48 valence electrons. The van der Waals surface area contributed by atoms with Crippen LogP contribution in [-0.4, -0.2) is 15.5 Å². The zero-order valence-corrected chi connectivity index (χ0v) is 6.08. The molecule has 0 aliphatic rings. The van der Waals surface area contributed by atoms with E-state index in [4.69, 9.17) is 0 Å². The number of hydrogen-bond acceptors (Lipinski definition) is 4. The monoisotopic (exact) mass is 153 g/mol. The summed E-state index contributed by atoms with van der Waals surface area (Å²) >= 11 is 3.61. The van der Waals surface area contributed by atoms with Gasteiger partial charge in [0, 0.05) is 13.2 Å². The molecule has 0 amide bonds. The van der Waals surface area contributed by atoms with E-state index in [1.165, 1.54) is 6.20 Å². The van der Waals surface area contributed by atoms with Crippen LogP contribution >= 0.6 is 12.6 Å². The molecular formula is C3H7NO2S2. The standard InChI is InChI=1S/C3H7NO2S2/c1-4-2-3(7)8(5)6/h2,4,7-8H,1H3/b3-2+. The Labute approximate surface area is 55.1 Å². The first kappa shape index (κ1) is 7.84. The maximum absolute atomic E-state index is 9.94. The summed E-state index contributed by atoms with van der Waals surface area (Å²) in [6.45, 7) is 0. The van der Waals surface area contributed by atoms with Crippen LogP contribution in [0.15, 0.2) is 10.4 Å². The third-order valence-electron chi connectivity index (χ3n) is 0.460. The molecule has 0 aliphatic carbocycles. The van der Waals surface area contributed by atoms with Crippen molar-refractivity contribution in [2.24, 2.45) is 0 Å². The number of thiol groups is 2. The molecule has 0 aromatic rings. The van der Waals surface area contributed by atoms with Crippen LogP contribution in [0, 0.1) is 0 Å². The van der Waals surface area contributed by atoms with Crippen LogP contribution in [0.4, 0.5) is 0 Å². The number of hydrogen-bond donors (Lipinski definition) is 3. The zero-order valence-electron chi connectivity index (χ0n) is 4.29. The quantitative estimate of drug-likeness (QED) is 0.471. The minimum absolute atomic E-state index is 0.0440. The van der Waals surface area contributed by atoms with Crippen molar-refractivity contribution in [3.05, 3.63) is 10.4 Å². The second kappa shape index (κ2) is 3.80. The van der Waals surface area contributed by atoms with Gasteiger partial charge in [-0.15, -0.1) is 12.6 Å². The van der Waals surface area contributed by atoms with Crippen molar-refractivity contribution >= 4 is 23.3 Å². The van der Waals surface area contributed by atoms with Gasteiger partial charge in [-0.3, -0.25) is 0 Å². The lowest BCUT2D eigenvalue weighted by Gasteiger charge is -1.84. The Morgan fingerprint density at radius 1 is 1.75 bits per heavy atom. The van der Waals surface area contributed by atoms with Gasteiger partial charge in [-0.25, -0.2) is 8.42 Å². The molecule has 8 heavy (non-hydrogen) atoms. The summed E-state index contributed by atoms with van der Waals surface area (Å²) in [7, 11) is -0.899. The molecule has 0 aromatic heterocycles. The summed E-state index contributed by atoms with van der Waals surface area (Å²) in [4.78, 5) is 0. The molecule has 0 saturated heterocycles. The summed E-state index contributed by atoms with van der Waals surface area (Å²) in [6, 6.07) is 0. The van der Waals surface area contributed by atoms with Crippen LogP contribution in [-0.2, 0) is 10.7 Å². The summed E-state index contributed by atoms with van der Waals surface area (Å²) in [5.74, 6) is 0. The third-order valence-corrected chi connectivity index (χ3v) is 1.58. The SMILES string of the molecule is CN/C=C(\S)[SH](=O)=O. The highest BCUT2D eigenvalue weighted by Crippen LogP contribution is 1.96. The van der Waals surface area contributed by atoms with E-state index in [1.54, 1.807) is 7.05 Å². The average molecular weight is 153 g/mol. The lowest BCUT2D eigenvalue weighted by atomic mass is 11.0. The van der Waals surface area contributed by atoms with Crippen LogP contribution in [0.5, 0.6) is 0 Å². The molecule has 0 unspecified atom stereocenters. The van der Waals surface area contributed by atoms with Crippen molar-refractivity contribution in [1.29, 1.82) is 0 Å². The minimum atomic E-state index is -2.50. The lowest BCUT2D eigenvalue weighted by Crippen LogP contribution is -1.93. The van der Waals surface area contributed by atoms with Gasteiger partial charge < -0.3 is 5.32 Å². The Balaban J connectivity index is 4.00. The summed E-state index contributed by atoms with van der Waals surface area (Å²) in [5, 5.41) is 2.53. The molecule has 0 atom stereocenters. The van der Waals surface area contributed by atoms with E-state index >= 15 is 0 Å². The van der Waals surface area contributed by atoms with E-state index < -0.39 is 10.7 Å². The van der Waals surface area contributed by atoms with Gasteiger partial charge in [-0.05, 0) is 0 Å². The Morgan fingerprint density at radius 2 is 2.25 bits per heavy atom. The van der Waals surface area contributed by atoms with Gasteiger partial charge in [0.2, 0.25) is 0 Å². The first-order valence-electron chi connectivity index (χ1n) is 1.89. The molecule has 0 saturated carbocycles. The maximum Gasteiger partial charge on any atom is 0.175 e. The van der Waals surface area contributed by atoms with E-state index in [1.807, 2.05) is 0 Å². The highest BCUT2D eigenvalue weighted by Gasteiger charge is 1.86. The fourth-order valence-corrected chi connectivity index (χ4v) is 0.545. The Morgan fingerprint density at radius 3 is 2.38 bits per heavy atom. The van der Waals surface area contributed by atoms with Gasteiger partial charge in [-0.2, -0.15) is 0 Å². The molecule has 3 nitrogen and oxygen atoms in total. The third kappa shape index (κ3) is 2.92. The van der Waals surface area contributed by atoms with E-state index in [0.29, 0.717) is 0 Å². The van der Waals surface area contributed by atoms with Gasteiger partial charge in [0.25, 0.3) is 0 Å². The van der Waals surface area contributed by atoms with Gasteiger partial charge in [0.1, 0.15) is 4.24 Å². The highest BCUT2D eigenvalue weighted by atomic mass is 32.2. The Kier molecular flexibility index (Phi) is 3.72. The molecule has 1 N–H and O–H groups in total. The predicted molar refractivity (Wildman–Crippen MR) is 36.4 cm³/mol. The van der Waals surface area contributed by atoms with Gasteiger partial charge in [0.05, 0.1) is 0 Å². The van der Waals surface area contributed by atoms with Gasteiger partial charge in [0.15, 0.2) is 10.7 Å². The van der Waals surface area contributed by atoms with Crippen LogP contribution in [0.2, 0.25) is 0 Å². The molecular weight excluding hydrogens is 146 g/mol. The fourth-order valence-electron chi connectivity index (χ4n) is 0.182. The Bertz CT molecular complexity index is 153. The van der Waals surface area contributed by atoms with Crippen molar-refractivity contribution < 1.29 is 8.42 Å². The lowest BCUT2D eigenvalue weighted by molar-refractivity contribution is 0.621. The van der Waals surface area contributed by atoms with Crippen molar-refractivity contribution in [2.45, 2.75) is 0 Å². The largest absolute Gasteiger partial charge is 0.393 e. The van der Waals surface area contributed by atoms with E-state index in [9.17, 15) is 8.42 Å². The van der Waals surface area contributed by atoms with Crippen LogP contribution in [0.3, 0.4) is 0 Å². The second-order valence-corrected chi connectivity index (χ2v) is 2.88. The van der Waals surface area contributed by atoms with Gasteiger partial charge >= 0.3 is 0 Å². The van der Waals surface area contributed by atoms with E-state index in [2.05, 4.69) is 17.9 Å². The molecule has 0 spiro atoms. The topological polar surface area (TPSA) is 46.2 Å². The minimum Gasteiger partial charge on any atom is -0.393 e. The molecule has 0 fully saturated rings. The highest BCUT2D eigenvalue weighted by molar-refractivity contribution is 8.01. The van der Waals surface area contributed by atoms with Crippen molar-refractivity contribution in [2.75, 3.05) is 7.05 Å². The molecule has 5 heteroatoms. The maximum atomic E-state index is 9.94. The average Bonchev–Trinajstić information content (AvgIpc) is 1.67. The molecule has 0 bridgehead atoms. The van der Waals surface area contributed by atoms with Gasteiger partial charge in [-0.1, -0.05) is 0 Å².